The predicted octanol–water partition coefficient (Wildman–Crippen LogP) is 0.691. The van der Waals surface area contributed by atoms with E-state index in [2.05, 4.69) is 14.2 Å². The van der Waals surface area contributed by atoms with Gasteiger partial charge in [-0.2, -0.15) is 0 Å². The zero-order valence-electron chi connectivity index (χ0n) is 22.4. The highest BCUT2D eigenvalue weighted by atomic mass is 31.3. The molecule has 1 aliphatic rings. The molecule has 16 heteroatoms. The van der Waals surface area contributed by atoms with Gasteiger partial charge in [0, 0.05) is 6.92 Å². The first-order valence-electron chi connectivity index (χ1n) is 12.1. The highest BCUT2D eigenvalue weighted by Gasteiger charge is 2.49. The van der Waals surface area contributed by atoms with Crippen LogP contribution < -0.4 is 15.1 Å². The standard InChI is InChI=1S/C22H41NO13P2/c1-13(2)8-7-9-14(3)10-11-32-37(28,29)36-38(30,31)35-22-19(23-17(6)26)21(33-16(5)15(4)25)20(27)18(12-24)34-22/h8,14,16,18-22,24,27H,7,9-12H2,1-6H3,(H,23,26)(H,28,29)(H,30,31)/p-2. The predicted molar refractivity (Wildman–Crippen MR) is 130 cm³/mol. The van der Waals surface area contributed by atoms with Gasteiger partial charge in [-0.25, -0.2) is 4.31 Å². The fourth-order valence-corrected chi connectivity index (χ4v) is 5.58. The molecule has 9 unspecified atom stereocenters. The first kappa shape index (κ1) is 35.0. The van der Waals surface area contributed by atoms with Crippen molar-refractivity contribution >= 4 is 27.3 Å². The second-order valence-electron chi connectivity index (χ2n) is 9.46. The lowest BCUT2D eigenvalue weighted by molar-refractivity contribution is -0.290. The molecule has 0 saturated carbocycles. The quantitative estimate of drug-likeness (QED) is 0.168. The molecule has 0 aromatic rings. The van der Waals surface area contributed by atoms with E-state index in [1.54, 1.807) is 0 Å². The Morgan fingerprint density at radius 3 is 2.26 bits per heavy atom. The van der Waals surface area contributed by atoms with Crippen LogP contribution in [-0.2, 0) is 41.6 Å². The molecule has 3 N–H and O–H groups in total. The summed E-state index contributed by atoms with van der Waals surface area (Å²) < 4.78 is 49.0. The third kappa shape index (κ3) is 12.4. The lowest BCUT2D eigenvalue weighted by atomic mass is 9.96. The van der Waals surface area contributed by atoms with Crippen LogP contribution in [0.4, 0.5) is 0 Å². The van der Waals surface area contributed by atoms with Gasteiger partial charge in [0.15, 0.2) is 12.1 Å². The van der Waals surface area contributed by atoms with E-state index >= 15 is 0 Å². The molecule has 1 amide bonds. The summed E-state index contributed by atoms with van der Waals surface area (Å²) in [5.41, 5.74) is 1.16. The third-order valence-corrected chi connectivity index (χ3v) is 8.23. The van der Waals surface area contributed by atoms with Gasteiger partial charge in [0.1, 0.15) is 30.5 Å². The average molecular weight is 587 g/mol. The summed E-state index contributed by atoms with van der Waals surface area (Å²) in [6, 6.07) is -1.55. The molecular formula is C22H39NO13P2-2. The van der Waals surface area contributed by atoms with E-state index in [1.165, 1.54) is 13.8 Å². The Morgan fingerprint density at radius 1 is 1.11 bits per heavy atom. The summed E-state index contributed by atoms with van der Waals surface area (Å²) in [4.78, 5) is 48.1. The van der Waals surface area contributed by atoms with Crippen LogP contribution >= 0.6 is 15.6 Å². The van der Waals surface area contributed by atoms with Crippen molar-refractivity contribution in [3.8, 4) is 0 Å². The largest absolute Gasteiger partial charge is 0.756 e. The average Bonchev–Trinajstić information content (AvgIpc) is 2.76. The van der Waals surface area contributed by atoms with Crippen LogP contribution in [0, 0.1) is 5.92 Å². The van der Waals surface area contributed by atoms with E-state index in [4.69, 9.17) is 14.0 Å². The number of allylic oxidation sites excluding steroid dienone is 2. The first-order chi connectivity index (χ1) is 17.5. The van der Waals surface area contributed by atoms with Crippen LogP contribution in [0.2, 0.25) is 0 Å². The van der Waals surface area contributed by atoms with Crippen LogP contribution in [0.1, 0.15) is 60.8 Å². The molecule has 1 aliphatic heterocycles. The van der Waals surface area contributed by atoms with Gasteiger partial charge in [-0.05, 0) is 52.9 Å². The lowest BCUT2D eigenvalue weighted by Gasteiger charge is -2.46. The van der Waals surface area contributed by atoms with E-state index in [0.29, 0.717) is 6.42 Å². The van der Waals surface area contributed by atoms with E-state index in [-0.39, 0.29) is 12.5 Å². The minimum atomic E-state index is -5.71. The summed E-state index contributed by atoms with van der Waals surface area (Å²) in [6.45, 7) is 8.28. The van der Waals surface area contributed by atoms with Crippen molar-refractivity contribution in [1.82, 2.24) is 5.32 Å². The van der Waals surface area contributed by atoms with Gasteiger partial charge in [-0.1, -0.05) is 18.6 Å². The van der Waals surface area contributed by atoms with E-state index in [1.807, 2.05) is 26.8 Å². The molecule has 1 fully saturated rings. The van der Waals surface area contributed by atoms with E-state index in [9.17, 15) is 38.7 Å². The molecule has 1 saturated heterocycles. The smallest absolute Gasteiger partial charge is 0.276 e. The maximum atomic E-state index is 12.5. The summed E-state index contributed by atoms with van der Waals surface area (Å²) in [7, 11) is -11.1. The van der Waals surface area contributed by atoms with Crippen molar-refractivity contribution in [2.45, 2.75) is 97.6 Å². The van der Waals surface area contributed by atoms with Gasteiger partial charge in [0.2, 0.25) is 5.91 Å². The van der Waals surface area contributed by atoms with E-state index in [0.717, 1.165) is 25.3 Å². The Labute approximate surface area is 222 Å². The van der Waals surface area contributed by atoms with Gasteiger partial charge in [-0.15, -0.1) is 0 Å². The second-order valence-corrected chi connectivity index (χ2v) is 12.4. The highest BCUT2D eigenvalue weighted by Crippen LogP contribution is 2.56. The summed E-state index contributed by atoms with van der Waals surface area (Å²) in [5, 5.41) is 22.4. The minimum absolute atomic E-state index is 0.0890. The van der Waals surface area contributed by atoms with Gasteiger partial charge in [0.05, 0.1) is 13.2 Å². The topological polar surface area (TPSA) is 213 Å². The molecular weight excluding hydrogens is 548 g/mol. The van der Waals surface area contributed by atoms with Crippen LogP contribution in [0.5, 0.6) is 0 Å². The Hall–Kier alpha value is -1.02. The summed E-state index contributed by atoms with van der Waals surface area (Å²) in [5.74, 6) is -1.08. The number of hydrogen-bond acceptors (Lipinski definition) is 13. The zero-order chi connectivity index (χ0) is 29.3. The van der Waals surface area contributed by atoms with Gasteiger partial charge < -0.3 is 39.3 Å². The molecule has 0 radical (unpaired) electrons. The fraction of sp³-hybridized carbons (Fsp3) is 0.818. The Morgan fingerprint density at radius 2 is 1.74 bits per heavy atom. The Balaban J connectivity index is 2.94. The minimum Gasteiger partial charge on any atom is -0.756 e. The molecule has 0 spiro atoms. The molecule has 0 aliphatic carbocycles. The number of ether oxygens (including phenoxy) is 2. The molecule has 222 valence electrons. The van der Waals surface area contributed by atoms with Gasteiger partial charge in [0.25, 0.3) is 15.6 Å². The number of carbonyl (C=O) groups excluding carboxylic acids is 2. The van der Waals surface area contributed by atoms with Crippen LogP contribution in [0.25, 0.3) is 0 Å². The number of phosphoric acid groups is 2. The lowest BCUT2D eigenvalue weighted by Crippen LogP contribution is -2.66. The number of aliphatic hydroxyl groups excluding tert-OH is 2. The summed E-state index contributed by atoms with van der Waals surface area (Å²) in [6.07, 6.45) is -3.75. The van der Waals surface area contributed by atoms with Crippen molar-refractivity contribution in [3.05, 3.63) is 11.6 Å². The number of aliphatic hydroxyl groups is 2. The number of Topliss-reactive ketones (excluding diaryl/α,β-unsaturated/α-hetero) is 1. The molecule has 1 rings (SSSR count). The molecule has 0 aromatic carbocycles. The van der Waals surface area contributed by atoms with Crippen molar-refractivity contribution < 1.29 is 61.6 Å². The van der Waals surface area contributed by atoms with Crippen LogP contribution in [0.15, 0.2) is 11.6 Å². The summed E-state index contributed by atoms with van der Waals surface area (Å²) >= 11 is 0. The highest BCUT2D eigenvalue weighted by molar-refractivity contribution is 7.59. The zero-order valence-corrected chi connectivity index (χ0v) is 24.2. The van der Waals surface area contributed by atoms with Gasteiger partial charge in [-0.3, -0.25) is 23.2 Å². The van der Waals surface area contributed by atoms with Crippen molar-refractivity contribution in [3.63, 3.8) is 0 Å². The van der Waals surface area contributed by atoms with Crippen LogP contribution in [-0.4, -0.2) is 71.9 Å². The maximum absolute atomic E-state index is 12.5. The van der Waals surface area contributed by atoms with Gasteiger partial charge >= 0.3 is 0 Å². The molecule has 14 nitrogen and oxygen atoms in total. The Bertz CT molecular complexity index is 910. The number of amides is 1. The number of carbonyl (C=O) groups is 2. The first-order valence-corrected chi connectivity index (χ1v) is 15.1. The molecule has 38 heavy (non-hydrogen) atoms. The number of ketones is 1. The second kappa shape index (κ2) is 15.7. The number of rotatable bonds is 16. The molecule has 0 bridgehead atoms. The molecule has 9 atom stereocenters. The monoisotopic (exact) mass is 587 g/mol. The van der Waals surface area contributed by atoms with E-state index < -0.39 is 70.7 Å². The number of nitrogens with one attached hydrogen (secondary N) is 1. The van der Waals surface area contributed by atoms with Crippen LogP contribution in [0.3, 0.4) is 0 Å². The fourth-order valence-electron chi connectivity index (χ4n) is 3.50. The third-order valence-electron chi connectivity index (χ3n) is 5.66. The van der Waals surface area contributed by atoms with Crippen molar-refractivity contribution in [2.75, 3.05) is 13.2 Å². The molecule has 0 aromatic heterocycles. The SMILES string of the molecule is CC(=O)NC1C(OP(=O)([O-])OP(=O)([O-])OCCC(C)CCC=C(C)C)OC(CO)C(O)C1OC(C)C(C)=O. The van der Waals surface area contributed by atoms with Crippen molar-refractivity contribution in [2.24, 2.45) is 5.92 Å². The number of phosphoric ester groups is 2. The maximum Gasteiger partial charge on any atom is 0.276 e. The Kier molecular flexibility index (Phi) is 14.4. The van der Waals surface area contributed by atoms with Crippen molar-refractivity contribution in [1.29, 1.82) is 0 Å². The normalized spacial score (nSPS) is 28.4. The number of hydrogen-bond donors (Lipinski definition) is 3. The molecule has 1 heterocycles.